The summed E-state index contributed by atoms with van der Waals surface area (Å²) in [5.74, 6) is -0.666. The standard InChI is InChI=1S/C14H11ClN8O4/c1-21-13(25)9(7-3-5-8(6-4-7)23(26)27)10(15)11(18-21)12(24)16-14-17-19-20-22(14)2/h3-6H,1-2H3,(H,16,17,20,24). The maximum absolute atomic E-state index is 12.5. The molecular formula is C14H11ClN8O4. The minimum Gasteiger partial charge on any atom is -0.288 e. The lowest BCUT2D eigenvalue weighted by atomic mass is 10.1. The van der Waals surface area contributed by atoms with Crippen molar-refractivity contribution in [2.75, 3.05) is 5.32 Å². The van der Waals surface area contributed by atoms with Crippen LogP contribution in [0, 0.1) is 10.1 Å². The predicted octanol–water partition coefficient (Wildman–Crippen LogP) is 0.785. The van der Waals surface area contributed by atoms with Gasteiger partial charge in [0.05, 0.1) is 15.5 Å². The topological polar surface area (TPSA) is 151 Å². The second-order valence-corrected chi connectivity index (χ2v) is 5.73. The van der Waals surface area contributed by atoms with Gasteiger partial charge in [0.15, 0.2) is 5.69 Å². The Kier molecular flexibility index (Phi) is 4.64. The van der Waals surface area contributed by atoms with E-state index < -0.39 is 16.4 Å². The molecule has 0 radical (unpaired) electrons. The first-order valence-electron chi connectivity index (χ1n) is 7.35. The van der Waals surface area contributed by atoms with Crippen LogP contribution >= 0.6 is 11.6 Å². The number of benzene rings is 1. The maximum Gasteiger partial charge on any atom is 0.280 e. The van der Waals surface area contributed by atoms with Crippen LogP contribution in [0.2, 0.25) is 5.02 Å². The van der Waals surface area contributed by atoms with E-state index in [0.29, 0.717) is 5.56 Å². The van der Waals surface area contributed by atoms with Gasteiger partial charge in [0, 0.05) is 26.2 Å². The second-order valence-electron chi connectivity index (χ2n) is 5.35. The van der Waals surface area contributed by atoms with E-state index in [1.165, 1.54) is 43.0 Å². The summed E-state index contributed by atoms with van der Waals surface area (Å²) in [4.78, 5) is 35.2. The van der Waals surface area contributed by atoms with E-state index in [0.717, 1.165) is 4.68 Å². The van der Waals surface area contributed by atoms with Crippen LogP contribution in [0.1, 0.15) is 10.5 Å². The summed E-state index contributed by atoms with van der Waals surface area (Å²) < 4.78 is 2.18. The molecule has 13 heteroatoms. The molecule has 0 saturated carbocycles. The van der Waals surface area contributed by atoms with E-state index in [9.17, 15) is 19.7 Å². The third kappa shape index (κ3) is 3.37. The van der Waals surface area contributed by atoms with Crippen LogP contribution in [-0.4, -0.2) is 40.8 Å². The molecule has 0 fully saturated rings. The molecule has 3 aromatic rings. The fourth-order valence-electron chi connectivity index (χ4n) is 2.25. The lowest BCUT2D eigenvalue weighted by Gasteiger charge is -2.10. The highest BCUT2D eigenvalue weighted by Crippen LogP contribution is 2.28. The summed E-state index contributed by atoms with van der Waals surface area (Å²) in [7, 11) is 2.88. The summed E-state index contributed by atoms with van der Waals surface area (Å²) >= 11 is 6.27. The fourth-order valence-corrected chi connectivity index (χ4v) is 2.57. The normalized spacial score (nSPS) is 10.6. The molecule has 12 nitrogen and oxygen atoms in total. The average molecular weight is 391 g/mol. The number of halogens is 1. The number of aromatic nitrogens is 6. The van der Waals surface area contributed by atoms with Crippen molar-refractivity contribution < 1.29 is 9.72 Å². The second kappa shape index (κ2) is 6.92. The van der Waals surface area contributed by atoms with Gasteiger partial charge < -0.3 is 0 Å². The Morgan fingerprint density at radius 3 is 2.44 bits per heavy atom. The molecule has 0 atom stereocenters. The van der Waals surface area contributed by atoms with E-state index in [1.807, 2.05) is 0 Å². The number of nitro benzene ring substituents is 1. The first kappa shape index (κ1) is 18.1. The first-order valence-corrected chi connectivity index (χ1v) is 7.72. The molecule has 138 valence electrons. The maximum atomic E-state index is 12.5. The lowest BCUT2D eigenvalue weighted by molar-refractivity contribution is -0.384. The van der Waals surface area contributed by atoms with Crippen molar-refractivity contribution in [1.29, 1.82) is 0 Å². The van der Waals surface area contributed by atoms with Crippen molar-refractivity contribution in [3.05, 3.63) is 55.5 Å². The molecule has 0 bridgehead atoms. The SMILES string of the molecule is Cn1nnnc1NC(=O)c1nn(C)c(=O)c(-c2ccc([N+](=O)[O-])cc2)c1Cl. The van der Waals surface area contributed by atoms with Gasteiger partial charge in [-0.2, -0.15) is 5.10 Å². The third-order valence-corrected chi connectivity index (χ3v) is 3.98. The van der Waals surface area contributed by atoms with Crippen molar-refractivity contribution in [1.82, 2.24) is 30.0 Å². The van der Waals surface area contributed by atoms with E-state index in [1.54, 1.807) is 0 Å². The molecule has 0 unspecified atom stereocenters. The Morgan fingerprint density at radius 1 is 1.22 bits per heavy atom. The number of carbonyl (C=O) groups is 1. The lowest BCUT2D eigenvalue weighted by Crippen LogP contribution is -2.27. The Bertz CT molecular complexity index is 1110. The summed E-state index contributed by atoms with van der Waals surface area (Å²) in [6, 6.07) is 5.21. The first-order chi connectivity index (χ1) is 12.8. The number of nitro groups is 1. The number of amides is 1. The molecule has 3 rings (SSSR count). The number of aryl methyl sites for hydroxylation is 2. The smallest absolute Gasteiger partial charge is 0.280 e. The van der Waals surface area contributed by atoms with Crippen LogP contribution in [0.5, 0.6) is 0 Å². The number of rotatable bonds is 4. The van der Waals surface area contributed by atoms with Gasteiger partial charge in [-0.15, -0.1) is 0 Å². The summed E-state index contributed by atoms with van der Waals surface area (Å²) in [5, 5.41) is 27.5. The van der Waals surface area contributed by atoms with Crippen molar-refractivity contribution in [2.24, 2.45) is 14.1 Å². The van der Waals surface area contributed by atoms with Gasteiger partial charge >= 0.3 is 0 Å². The molecule has 1 amide bonds. The van der Waals surface area contributed by atoms with Crippen molar-refractivity contribution >= 4 is 29.1 Å². The number of hydrogen-bond donors (Lipinski definition) is 1. The van der Waals surface area contributed by atoms with E-state index >= 15 is 0 Å². The van der Waals surface area contributed by atoms with Gasteiger partial charge in [-0.25, -0.2) is 9.36 Å². The van der Waals surface area contributed by atoms with Gasteiger partial charge in [0.25, 0.3) is 17.2 Å². The van der Waals surface area contributed by atoms with E-state index in [4.69, 9.17) is 11.6 Å². The van der Waals surface area contributed by atoms with Crippen molar-refractivity contribution in [3.8, 4) is 11.1 Å². The minimum absolute atomic E-state index is 0.00898. The Hall–Kier alpha value is -3.67. The zero-order valence-electron chi connectivity index (χ0n) is 14.0. The number of non-ortho nitro benzene ring substituents is 1. The van der Waals surface area contributed by atoms with Gasteiger partial charge in [0.1, 0.15) is 0 Å². The Balaban J connectivity index is 2.07. The summed E-state index contributed by atoms with van der Waals surface area (Å²) in [6.07, 6.45) is 0. The van der Waals surface area contributed by atoms with E-state index in [2.05, 4.69) is 25.9 Å². The molecule has 1 aromatic carbocycles. The Labute approximate surface area is 155 Å². The molecule has 1 N–H and O–H groups in total. The van der Waals surface area contributed by atoms with Crippen LogP contribution < -0.4 is 10.9 Å². The number of tetrazole rings is 1. The number of hydrogen-bond acceptors (Lipinski definition) is 8. The third-order valence-electron chi connectivity index (χ3n) is 3.61. The van der Waals surface area contributed by atoms with Crippen molar-refractivity contribution in [3.63, 3.8) is 0 Å². The largest absolute Gasteiger partial charge is 0.288 e. The van der Waals surface area contributed by atoms with Crippen molar-refractivity contribution in [2.45, 2.75) is 0 Å². The highest BCUT2D eigenvalue weighted by molar-refractivity contribution is 6.36. The summed E-state index contributed by atoms with van der Waals surface area (Å²) in [5.41, 5.74) is -0.636. The molecular weight excluding hydrogens is 380 g/mol. The van der Waals surface area contributed by atoms with Crippen LogP contribution in [0.3, 0.4) is 0 Å². The molecule has 0 spiro atoms. The van der Waals surface area contributed by atoms with Gasteiger partial charge in [-0.3, -0.25) is 25.0 Å². The number of anilines is 1. The molecule has 2 heterocycles. The molecule has 0 aliphatic carbocycles. The minimum atomic E-state index is -0.725. The molecule has 0 aliphatic rings. The number of nitrogens with one attached hydrogen (secondary N) is 1. The molecule has 2 aromatic heterocycles. The fraction of sp³-hybridized carbons (Fsp3) is 0.143. The number of carbonyl (C=O) groups excluding carboxylic acids is 1. The average Bonchev–Trinajstić information content (AvgIpc) is 3.03. The van der Waals surface area contributed by atoms with Crippen LogP contribution in [0.4, 0.5) is 11.6 Å². The summed E-state index contributed by atoms with van der Waals surface area (Å²) in [6.45, 7) is 0. The quantitative estimate of drug-likeness (QED) is 0.507. The monoisotopic (exact) mass is 390 g/mol. The van der Waals surface area contributed by atoms with E-state index in [-0.39, 0.29) is 27.9 Å². The highest BCUT2D eigenvalue weighted by Gasteiger charge is 2.23. The molecule has 27 heavy (non-hydrogen) atoms. The molecule has 0 saturated heterocycles. The number of nitrogens with zero attached hydrogens (tertiary/aromatic N) is 7. The van der Waals surface area contributed by atoms with Crippen LogP contribution in [-0.2, 0) is 14.1 Å². The molecule has 0 aliphatic heterocycles. The van der Waals surface area contributed by atoms with Gasteiger partial charge in [0.2, 0.25) is 5.95 Å². The zero-order valence-corrected chi connectivity index (χ0v) is 14.7. The van der Waals surface area contributed by atoms with Crippen LogP contribution in [0.15, 0.2) is 29.1 Å². The Morgan fingerprint density at radius 2 is 1.89 bits per heavy atom. The highest BCUT2D eigenvalue weighted by atomic mass is 35.5. The van der Waals surface area contributed by atoms with Gasteiger partial charge in [-0.1, -0.05) is 16.7 Å². The van der Waals surface area contributed by atoms with Gasteiger partial charge in [-0.05, 0) is 28.1 Å². The predicted molar refractivity (Wildman–Crippen MR) is 93.3 cm³/mol. The van der Waals surface area contributed by atoms with Crippen LogP contribution in [0.25, 0.3) is 11.1 Å². The zero-order chi connectivity index (χ0) is 19.7.